The molecule has 8 aromatic rings. The minimum atomic E-state index is -0.490. The van der Waals surface area contributed by atoms with Gasteiger partial charge in [-0.2, -0.15) is 10.2 Å². The first-order chi connectivity index (χ1) is 27.7. The predicted molar refractivity (Wildman–Crippen MR) is 210 cm³/mol. The van der Waals surface area contributed by atoms with Crippen molar-refractivity contribution in [3.05, 3.63) is 119 Å². The van der Waals surface area contributed by atoms with Crippen LogP contribution < -0.4 is 9.47 Å². The van der Waals surface area contributed by atoms with E-state index in [9.17, 15) is 9.59 Å². The molecule has 0 radical (unpaired) electrons. The first-order valence-corrected chi connectivity index (χ1v) is 18.2. The number of fused-ring (bicyclic) bond motifs is 2. The van der Waals surface area contributed by atoms with Crippen molar-refractivity contribution in [2.24, 2.45) is 0 Å². The molecule has 6 aromatic heterocycles. The van der Waals surface area contributed by atoms with Gasteiger partial charge in [0.15, 0.2) is 22.8 Å². The van der Waals surface area contributed by atoms with E-state index in [-0.39, 0.29) is 0 Å². The van der Waals surface area contributed by atoms with Gasteiger partial charge < -0.3 is 27.8 Å². The third kappa shape index (κ3) is 7.20. The van der Waals surface area contributed by atoms with Gasteiger partial charge in [0.2, 0.25) is 0 Å². The Labute approximate surface area is 326 Å². The van der Waals surface area contributed by atoms with Crippen LogP contribution in [0.3, 0.4) is 0 Å². The van der Waals surface area contributed by atoms with Gasteiger partial charge in [-0.15, -0.1) is 0 Å². The topological polar surface area (TPSA) is 159 Å². The molecule has 14 heteroatoms. The van der Waals surface area contributed by atoms with Crippen LogP contribution in [0.1, 0.15) is 44.1 Å². The summed E-state index contributed by atoms with van der Waals surface area (Å²) in [6.45, 7) is 5.28. The minimum Gasteiger partial charge on any atom is -0.497 e. The number of furan rings is 2. The zero-order valence-corrected chi connectivity index (χ0v) is 31.9. The number of hydrogen-bond acceptors (Lipinski definition) is 12. The maximum absolute atomic E-state index is 13.0. The minimum absolute atomic E-state index is 0.355. The number of carbonyl (C=O) groups is 2. The first kappa shape index (κ1) is 36.7. The standard InChI is InChI=1S/C43H38N6O8/c1-25-38-31(42(50)53-4)22-33(36-8-6-20-56-36)44-40(38)46-48(25)19-7-21-55-30-15-11-28(12-16-30)35-17-18-37(57-35)34-23-32(43(51)54-5)39-26(2)49(47-41(39)45-34)24-27-9-13-29(52-3)14-10-27/h6,8-18,20,22-23H,7,19,21,24H2,1-5H3. The van der Waals surface area contributed by atoms with E-state index in [1.54, 1.807) is 37.6 Å². The number of carbonyl (C=O) groups excluding carboxylic acids is 2. The highest BCUT2D eigenvalue weighted by molar-refractivity contribution is 6.05. The lowest BCUT2D eigenvalue weighted by Crippen LogP contribution is -2.07. The summed E-state index contributed by atoms with van der Waals surface area (Å²) in [6.07, 6.45) is 2.21. The average Bonchev–Trinajstić information content (AvgIpc) is 4.07. The molecule has 8 rings (SSSR count). The van der Waals surface area contributed by atoms with Crippen molar-refractivity contribution in [3.8, 4) is 45.7 Å². The van der Waals surface area contributed by atoms with E-state index in [0.717, 1.165) is 28.3 Å². The van der Waals surface area contributed by atoms with Gasteiger partial charge in [-0.3, -0.25) is 9.36 Å². The summed E-state index contributed by atoms with van der Waals surface area (Å²) in [4.78, 5) is 35.2. The van der Waals surface area contributed by atoms with E-state index in [4.69, 9.17) is 37.9 Å². The lowest BCUT2D eigenvalue weighted by atomic mass is 10.1. The fraction of sp³-hybridized carbons (Fsp3) is 0.209. The van der Waals surface area contributed by atoms with Crippen molar-refractivity contribution in [2.45, 2.75) is 33.4 Å². The lowest BCUT2D eigenvalue weighted by molar-refractivity contribution is 0.0594. The number of hydrogen-bond donors (Lipinski definition) is 0. The molecular formula is C43H38N6O8. The molecule has 57 heavy (non-hydrogen) atoms. The highest BCUT2D eigenvalue weighted by Gasteiger charge is 2.23. The lowest BCUT2D eigenvalue weighted by Gasteiger charge is -2.08. The Hall–Kier alpha value is -7.22. The van der Waals surface area contributed by atoms with E-state index in [1.807, 2.05) is 83.9 Å². The maximum atomic E-state index is 13.0. The summed E-state index contributed by atoms with van der Waals surface area (Å²) < 4.78 is 37.0. The van der Waals surface area contributed by atoms with Gasteiger partial charge in [0.1, 0.15) is 28.6 Å². The fourth-order valence-corrected chi connectivity index (χ4v) is 6.80. The zero-order chi connectivity index (χ0) is 39.6. The van der Waals surface area contributed by atoms with Gasteiger partial charge in [-0.25, -0.2) is 19.6 Å². The third-order valence-electron chi connectivity index (χ3n) is 9.79. The molecular weight excluding hydrogens is 729 g/mol. The van der Waals surface area contributed by atoms with Crippen molar-refractivity contribution in [2.75, 3.05) is 27.9 Å². The van der Waals surface area contributed by atoms with E-state index in [2.05, 4.69) is 10.1 Å². The van der Waals surface area contributed by atoms with Crippen LogP contribution in [0.4, 0.5) is 0 Å². The number of aromatic nitrogens is 6. The molecule has 0 atom stereocenters. The summed E-state index contributed by atoms with van der Waals surface area (Å²) >= 11 is 0. The molecule has 0 bridgehead atoms. The first-order valence-electron chi connectivity index (χ1n) is 18.2. The third-order valence-corrected chi connectivity index (χ3v) is 9.79. The van der Waals surface area contributed by atoms with Crippen LogP contribution in [0.25, 0.3) is 56.3 Å². The summed E-state index contributed by atoms with van der Waals surface area (Å²) in [7, 11) is 4.33. The van der Waals surface area contributed by atoms with Crippen LogP contribution in [0, 0.1) is 13.8 Å². The van der Waals surface area contributed by atoms with Crippen molar-refractivity contribution < 1.29 is 37.4 Å². The summed E-state index contributed by atoms with van der Waals surface area (Å²) in [6, 6.07) is 25.9. The van der Waals surface area contributed by atoms with Gasteiger partial charge >= 0.3 is 11.9 Å². The molecule has 2 aromatic carbocycles. The quantitative estimate of drug-likeness (QED) is 0.0822. The van der Waals surface area contributed by atoms with Gasteiger partial charge in [-0.1, -0.05) is 12.1 Å². The molecule has 0 aliphatic carbocycles. The maximum Gasteiger partial charge on any atom is 0.338 e. The van der Waals surface area contributed by atoms with Gasteiger partial charge in [0.25, 0.3) is 0 Å². The van der Waals surface area contributed by atoms with Crippen LogP contribution in [0.15, 0.2) is 100 Å². The molecule has 0 aliphatic heterocycles. The molecule has 0 fully saturated rings. The number of methoxy groups -OCH3 is 3. The van der Waals surface area contributed by atoms with E-state index in [0.29, 0.717) is 93.7 Å². The molecule has 6 heterocycles. The summed E-state index contributed by atoms with van der Waals surface area (Å²) in [5.74, 6) is 2.13. The zero-order valence-electron chi connectivity index (χ0n) is 31.9. The highest BCUT2D eigenvalue weighted by Crippen LogP contribution is 2.33. The molecule has 0 unspecified atom stereocenters. The molecule has 288 valence electrons. The van der Waals surface area contributed by atoms with Crippen LogP contribution in [0.2, 0.25) is 0 Å². The number of ether oxygens (including phenoxy) is 4. The van der Waals surface area contributed by atoms with Gasteiger partial charge in [0, 0.05) is 29.9 Å². The number of aryl methyl sites for hydroxylation is 3. The smallest absolute Gasteiger partial charge is 0.338 e. The van der Waals surface area contributed by atoms with Gasteiger partial charge in [0.05, 0.1) is 62.6 Å². The van der Waals surface area contributed by atoms with Crippen LogP contribution >= 0.6 is 0 Å². The second-order valence-electron chi connectivity index (χ2n) is 13.3. The number of nitrogens with zero attached hydrogens (tertiary/aromatic N) is 6. The van der Waals surface area contributed by atoms with Crippen molar-refractivity contribution in [3.63, 3.8) is 0 Å². The van der Waals surface area contributed by atoms with Crippen molar-refractivity contribution >= 4 is 34.0 Å². The van der Waals surface area contributed by atoms with Crippen LogP contribution in [-0.4, -0.2) is 69.4 Å². The van der Waals surface area contributed by atoms with Crippen molar-refractivity contribution in [1.82, 2.24) is 29.5 Å². The molecule has 0 aliphatic rings. The Balaban J connectivity index is 0.948. The molecule has 0 saturated carbocycles. The SMILES string of the molecule is COC(=O)c1cc(-c2ccco2)nc2nn(CCCOc3ccc(-c4ccc(-c5cc(C(=O)OC)c6c(C)n(Cc7ccc(OC)cc7)nc6n5)o4)cc3)c(C)c12. The molecule has 14 nitrogen and oxygen atoms in total. The Kier molecular flexibility index (Phi) is 9.99. The molecule has 0 N–H and O–H groups in total. The second-order valence-corrected chi connectivity index (χ2v) is 13.3. The predicted octanol–water partition coefficient (Wildman–Crippen LogP) is 8.08. The molecule has 0 amide bonds. The molecule has 0 saturated heterocycles. The van der Waals surface area contributed by atoms with Crippen LogP contribution in [0.5, 0.6) is 11.5 Å². The number of pyridine rings is 2. The largest absolute Gasteiger partial charge is 0.497 e. The summed E-state index contributed by atoms with van der Waals surface area (Å²) in [5.41, 5.74) is 5.99. The summed E-state index contributed by atoms with van der Waals surface area (Å²) in [5, 5.41) is 10.7. The molecule has 0 spiro atoms. The van der Waals surface area contributed by atoms with E-state index in [1.165, 1.54) is 14.2 Å². The number of benzene rings is 2. The van der Waals surface area contributed by atoms with E-state index >= 15 is 0 Å². The van der Waals surface area contributed by atoms with Crippen molar-refractivity contribution in [1.29, 1.82) is 0 Å². The normalized spacial score (nSPS) is 11.3. The highest BCUT2D eigenvalue weighted by atomic mass is 16.5. The fourth-order valence-electron chi connectivity index (χ4n) is 6.80. The monoisotopic (exact) mass is 766 g/mol. The Morgan fingerprint density at radius 3 is 1.89 bits per heavy atom. The Morgan fingerprint density at radius 2 is 1.28 bits per heavy atom. The van der Waals surface area contributed by atoms with E-state index < -0.39 is 11.9 Å². The number of esters is 2. The Bertz CT molecular complexity index is 2730. The second kappa shape index (κ2) is 15.5. The number of rotatable bonds is 13. The van der Waals surface area contributed by atoms with Crippen LogP contribution in [-0.2, 0) is 22.6 Å². The Morgan fingerprint density at radius 1 is 0.684 bits per heavy atom. The van der Waals surface area contributed by atoms with Gasteiger partial charge in [-0.05, 0) is 92.2 Å². The average molecular weight is 767 g/mol.